The van der Waals surface area contributed by atoms with Crippen LogP contribution in [-0.4, -0.2) is 11.3 Å². The van der Waals surface area contributed by atoms with Crippen LogP contribution in [-0.2, 0) is 4.57 Å². The normalized spacial score (nSPS) is 11.9. The van der Waals surface area contributed by atoms with Crippen molar-refractivity contribution in [2.75, 3.05) is 0 Å². The fourth-order valence-corrected chi connectivity index (χ4v) is 6.12. The van der Waals surface area contributed by atoms with Crippen LogP contribution in [0.1, 0.15) is 31.8 Å². The Bertz CT molecular complexity index is 1140. The molecule has 0 heterocycles. The molecule has 0 saturated carbocycles. The Morgan fingerprint density at radius 2 is 1.45 bits per heavy atom. The summed E-state index contributed by atoms with van der Waals surface area (Å²) in [7, 11) is -3.20. The number of hydrogen-bond donors (Lipinski definition) is 0. The van der Waals surface area contributed by atoms with Gasteiger partial charge < -0.3 is 4.57 Å². The van der Waals surface area contributed by atoms with Gasteiger partial charge in [0.2, 0.25) is 5.52 Å². The molecule has 0 N–H and O–H groups in total. The van der Waals surface area contributed by atoms with Gasteiger partial charge in [-0.15, -0.1) is 0 Å². The highest BCUT2D eigenvalue weighted by atomic mass is 35.5. The summed E-state index contributed by atoms with van der Waals surface area (Å²) in [5.74, 6) is -0.463. The van der Waals surface area contributed by atoms with Crippen LogP contribution in [0.5, 0.6) is 0 Å². The Morgan fingerprint density at radius 3 is 2.07 bits per heavy atom. The molecule has 148 valence electrons. The van der Waals surface area contributed by atoms with Crippen molar-refractivity contribution >= 4 is 70.8 Å². The zero-order chi connectivity index (χ0) is 21.3. The largest absolute Gasteiger partial charge is 0.313 e. The van der Waals surface area contributed by atoms with E-state index in [9.17, 15) is 14.2 Å². The van der Waals surface area contributed by atoms with Crippen molar-refractivity contribution in [3.63, 3.8) is 0 Å². The van der Waals surface area contributed by atoms with E-state index < -0.39 is 19.1 Å². The Balaban J connectivity index is 2.14. The number of aryl methyl sites for hydroxylation is 1. The zero-order valence-electron chi connectivity index (χ0n) is 14.9. The van der Waals surface area contributed by atoms with Crippen LogP contribution in [0.4, 0.5) is 0 Å². The SMILES string of the molecule is Cc1cccc(Cl)c1C(=O)[PH](=O)c1c(Cl)cc(Cl)c(C(=O)c2ccccc2)c1Cl. The van der Waals surface area contributed by atoms with Gasteiger partial charge in [-0.25, -0.2) is 0 Å². The van der Waals surface area contributed by atoms with E-state index in [1.807, 2.05) is 0 Å². The first-order chi connectivity index (χ1) is 13.7. The number of ketones is 1. The molecule has 3 rings (SSSR count). The molecule has 0 saturated heterocycles. The molecule has 0 aliphatic carbocycles. The maximum atomic E-state index is 13.2. The highest BCUT2D eigenvalue weighted by molar-refractivity contribution is 7.72. The summed E-state index contributed by atoms with van der Waals surface area (Å²) < 4.78 is 13.2. The van der Waals surface area contributed by atoms with E-state index in [1.54, 1.807) is 49.4 Å². The molecular formula is C21H13Cl4O3P. The van der Waals surface area contributed by atoms with Crippen LogP contribution >= 0.6 is 54.2 Å². The number of carbonyl (C=O) groups is 2. The Labute approximate surface area is 188 Å². The van der Waals surface area contributed by atoms with E-state index in [4.69, 9.17) is 46.4 Å². The molecule has 0 aliphatic rings. The Kier molecular flexibility index (Phi) is 6.88. The molecule has 8 heteroatoms. The lowest BCUT2D eigenvalue weighted by molar-refractivity contribution is 0.103. The molecule has 0 fully saturated rings. The first-order valence-electron chi connectivity index (χ1n) is 8.35. The lowest BCUT2D eigenvalue weighted by atomic mass is 10.0. The summed E-state index contributed by atoms with van der Waals surface area (Å²) in [5, 5.41) is -0.167. The van der Waals surface area contributed by atoms with Gasteiger partial charge >= 0.3 is 0 Å². The average molecular weight is 486 g/mol. The highest BCUT2D eigenvalue weighted by Crippen LogP contribution is 2.40. The number of rotatable bonds is 5. The molecule has 0 aromatic heterocycles. The molecule has 0 radical (unpaired) electrons. The molecule has 3 nitrogen and oxygen atoms in total. The summed E-state index contributed by atoms with van der Waals surface area (Å²) in [6.07, 6.45) is 0. The number of carbonyl (C=O) groups excluding carboxylic acids is 2. The van der Waals surface area contributed by atoms with Crippen molar-refractivity contribution < 1.29 is 14.2 Å². The van der Waals surface area contributed by atoms with E-state index in [0.717, 1.165) is 0 Å². The molecule has 3 aromatic rings. The zero-order valence-corrected chi connectivity index (χ0v) is 19.0. The first kappa shape index (κ1) is 22.1. The fraction of sp³-hybridized carbons (Fsp3) is 0.0476. The molecular weight excluding hydrogens is 473 g/mol. The second-order valence-corrected chi connectivity index (χ2v) is 9.40. The molecule has 1 atom stereocenters. The lowest BCUT2D eigenvalue weighted by Gasteiger charge is -2.14. The van der Waals surface area contributed by atoms with Crippen LogP contribution in [0.2, 0.25) is 20.1 Å². The second-order valence-electron chi connectivity index (χ2n) is 6.19. The lowest BCUT2D eigenvalue weighted by Crippen LogP contribution is -2.14. The van der Waals surface area contributed by atoms with E-state index >= 15 is 0 Å². The molecule has 0 bridgehead atoms. The van der Waals surface area contributed by atoms with Gasteiger partial charge in [-0.05, 0) is 24.6 Å². The minimum atomic E-state index is -3.20. The Morgan fingerprint density at radius 1 is 0.793 bits per heavy atom. The highest BCUT2D eigenvalue weighted by Gasteiger charge is 2.29. The van der Waals surface area contributed by atoms with Gasteiger partial charge in [-0.1, -0.05) is 88.9 Å². The monoisotopic (exact) mass is 484 g/mol. The van der Waals surface area contributed by atoms with E-state index in [1.165, 1.54) is 12.1 Å². The quantitative estimate of drug-likeness (QED) is 0.293. The fourth-order valence-electron chi connectivity index (χ4n) is 2.89. The van der Waals surface area contributed by atoms with Gasteiger partial charge in [-0.2, -0.15) is 0 Å². The summed E-state index contributed by atoms with van der Waals surface area (Å²) in [6.45, 7) is 1.68. The summed E-state index contributed by atoms with van der Waals surface area (Å²) in [6, 6.07) is 14.5. The predicted molar refractivity (Wildman–Crippen MR) is 121 cm³/mol. The smallest absolute Gasteiger partial charge is 0.224 e. The summed E-state index contributed by atoms with van der Waals surface area (Å²) >= 11 is 25.0. The van der Waals surface area contributed by atoms with Crippen LogP contribution in [0, 0.1) is 6.92 Å². The maximum Gasteiger partial charge on any atom is 0.224 e. The number of benzene rings is 3. The second kappa shape index (κ2) is 9.04. The van der Waals surface area contributed by atoms with E-state index in [0.29, 0.717) is 11.1 Å². The van der Waals surface area contributed by atoms with E-state index in [2.05, 4.69) is 0 Å². The van der Waals surface area contributed by atoms with Crippen LogP contribution < -0.4 is 5.30 Å². The third-order valence-corrected chi connectivity index (χ3v) is 7.56. The molecule has 29 heavy (non-hydrogen) atoms. The van der Waals surface area contributed by atoms with Crippen molar-refractivity contribution in [3.8, 4) is 0 Å². The van der Waals surface area contributed by atoms with Crippen molar-refractivity contribution in [2.45, 2.75) is 6.92 Å². The number of halogens is 4. The van der Waals surface area contributed by atoms with E-state index in [-0.39, 0.29) is 36.5 Å². The minimum absolute atomic E-state index is 0.00813. The molecule has 0 spiro atoms. The standard InChI is InChI=1S/C21H13Cl4O3P/c1-11-6-5-9-13(22)16(11)21(27)29(28)20-15(24)10-14(23)17(18(20)25)19(26)12-7-3-2-4-8-12/h2-10,29H,1H3. The van der Waals surface area contributed by atoms with Gasteiger partial charge in [0.15, 0.2) is 13.6 Å². The summed E-state index contributed by atoms with van der Waals surface area (Å²) in [4.78, 5) is 25.9. The van der Waals surface area contributed by atoms with Crippen LogP contribution in [0.25, 0.3) is 0 Å². The topological polar surface area (TPSA) is 51.2 Å². The van der Waals surface area contributed by atoms with Gasteiger partial charge in [0.05, 0.1) is 31.0 Å². The van der Waals surface area contributed by atoms with Gasteiger partial charge in [-0.3, -0.25) is 9.59 Å². The van der Waals surface area contributed by atoms with Crippen LogP contribution in [0.15, 0.2) is 54.6 Å². The van der Waals surface area contributed by atoms with Crippen molar-refractivity contribution in [2.24, 2.45) is 0 Å². The van der Waals surface area contributed by atoms with Crippen LogP contribution in [0.3, 0.4) is 0 Å². The number of hydrogen-bond acceptors (Lipinski definition) is 3. The van der Waals surface area contributed by atoms with Crippen molar-refractivity contribution in [3.05, 3.63) is 96.9 Å². The molecule has 0 aliphatic heterocycles. The minimum Gasteiger partial charge on any atom is -0.313 e. The Hall–Kier alpha value is -1.61. The first-order valence-corrected chi connectivity index (χ1v) is 11.3. The van der Waals surface area contributed by atoms with Gasteiger partial charge in [0, 0.05) is 11.1 Å². The third-order valence-electron chi connectivity index (χ3n) is 4.32. The van der Waals surface area contributed by atoms with Crippen molar-refractivity contribution in [1.82, 2.24) is 0 Å². The van der Waals surface area contributed by atoms with Gasteiger partial charge in [0.25, 0.3) is 0 Å². The van der Waals surface area contributed by atoms with Gasteiger partial charge in [0.1, 0.15) is 0 Å². The average Bonchev–Trinajstić information content (AvgIpc) is 2.67. The molecule has 3 aromatic carbocycles. The van der Waals surface area contributed by atoms with Crippen molar-refractivity contribution in [1.29, 1.82) is 0 Å². The third kappa shape index (κ3) is 4.30. The maximum absolute atomic E-state index is 13.2. The molecule has 1 unspecified atom stereocenters. The molecule has 0 amide bonds. The predicted octanol–water partition coefficient (Wildman–Crippen LogP) is 6.87. The summed E-state index contributed by atoms with van der Waals surface area (Å²) in [5.41, 5.74) is 0.305.